The first kappa shape index (κ1) is 18.1. The van der Waals surface area contributed by atoms with Crippen molar-refractivity contribution >= 4 is 17.3 Å². The Hall–Kier alpha value is -3.70. The predicted octanol–water partition coefficient (Wildman–Crippen LogP) is 1.85. The molecule has 2 aromatic rings. The molecule has 0 saturated heterocycles. The fourth-order valence-electron chi connectivity index (χ4n) is 2.41. The number of hydrogen-bond donors (Lipinski definition) is 4. The van der Waals surface area contributed by atoms with E-state index >= 15 is 0 Å². The van der Waals surface area contributed by atoms with Crippen molar-refractivity contribution in [2.75, 3.05) is 11.9 Å². The van der Waals surface area contributed by atoms with E-state index in [0.29, 0.717) is 6.07 Å². The van der Waals surface area contributed by atoms with Crippen molar-refractivity contribution in [3.8, 4) is 5.88 Å². The Balaban J connectivity index is 1.99. The lowest BCUT2D eigenvalue weighted by Crippen LogP contribution is -2.30. The van der Waals surface area contributed by atoms with Gasteiger partial charge in [0.05, 0.1) is 17.8 Å². The number of hydrogen-bond acceptors (Lipinski definition) is 6. The fourth-order valence-corrected chi connectivity index (χ4v) is 2.41. The number of nitrogens with zero attached hydrogens (tertiary/aromatic N) is 2. The van der Waals surface area contributed by atoms with E-state index < -0.39 is 40.3 Å². The minimum atomic E-state index is -4.74. The summed E-state index contributed by atoms with van der Waals surface area (Å²) >= 11 is 0. The summed E-state index contributed by atoms with van der Waals surface area (Å²) in [6.07, 6.45) is -3.33. The molecule has 3 rings (SSSR count). The lowest BCUT2D eigenvalue weighted by atomic mass is 10.0. The van der Waals surface area contributed by atoms with Gasteiger partial charge >= 0.3 is 11.9 Å². The monoisotopic (exact) mass is 381 g/mol. The average molecular weight is 381 g/mol. The molecule has 12 heteroatoms. The first-order valence-electron chi connectivity index (χ1n) is 7.33. The molecule has 1 aliphatic rings. The molecule has 0 unspecified atom stereocenters. The van der Waals surface area contributed by atoms with Crippen molar-refractivity contribution in [2.24, 2.45) is 10.2 Å². The van der Waals surface area contributed by atoms with Crippen molar-refractivity contribution in [1.82, 2.24) is 9.97 Å². The Bertz CT molecular complexity index is 1100. The molecule has 1 amide bonds. The average Bonchev–Trinajstić information content (AvgIpc) is 3.07. The Labute approximate surface area is 147 Å². The van der Waals surface area contributed by atoms with Gasteiger partial charge in [0, 0.05) is 11.3 Å². The van der Waals surface area contributed by atoms with Crippen LogP contribution in [-0.4, -0.2) is 27.5 Å². The van der Waals surface area contributed by atoms with E-state index in [0.717, 1.165) is 6.07 Å². The number of H-pyrrole nitrogens is 2. The summed E-state index contributed by atoms with van der Waals surface area (Å²) in [5, 5.41) is 18.9. The van der Waals surface area contributed by atoms with Crippen molar-refractivity contribution < 1.29 is 23.1 Å². The standard InChI is InChI=1S/C15H10F3N5O4/c16-15(17,18)8-5-6(1-2-7(8)9-3-4-19-23-9)20-11(24)10-12(25)21-14(27)22-13(10)26/h1-3,5H,4H2,(H,20,24)(H3,21,22,25,26,27). The van der Waals surface area contributed by atoms with Crippen LogP contribution in [0.3, 0.4) is 0 Å². The molecular weight excluding hydrogens is 371 g/mol. The smallest absolute Gasteiger partial charge is 0.417 e. The second-order valence-corrected chi connectivity index (χ2v) is 5.36. The van der Waals surface area contributed by atoms with E-state index in [-0.39, 0.29) is 23.5 Å². The molecule has 2 heterocycles. The van der Waals surface area contributed by atoms with Crippen LogP contribution >= 0.6 is 0 Å². The van der Waals surface area contributed by atoms with Gasteiger partial charge in [0.25, 0.3) is 11.5 Å². The lowest BCUT2D eigenvalue weighted by Gasteiger charge is -2.14. The van der Waals surface area contributed by atoms with Gasteiger partial charge in [-0.3, -0.25) is 19.6 Å². The largest absolute Gasteiger partial charge is 0.494 e. The summed E-state index contributed by atoms with van der Waals surface area (Å²) in [4.78, 5) is 38.3. The third kappa shape index (κ3) is 3.63. The van der Waals surface area contributed by atoms with Crippen LogP contribution in [0.25, 0.3) is 5.70 Å². The number of halogens is 3. The summed E-state index contributed by atoms with van der Waals surface area (Å²) in [7, 11) is 0. The van der Waals surface area contributed by atoms with Crippen molar-refractivity contribution in [1.29, 1.82) is 0 Å². The van der Waals surface area contributed by atoms with Gasteiger partial charge in [-0.1, -0.05) is 6.07 Å². The highest BCUT2D eigenvalue weighted by atomic mass is 19.4. The summed E-state index contributed by atoms with van der Waals surface area (Å²) in [5.41, 5.74) is -4.60. The van der Waals surface area contributed by atoms with Crippen LogP contribution in [-0.2, 0) is 6.18 Å². The Morgan fingerprint density at radius 1 is 1.22 bits per heavy atom. The minimum Gasteiger partial charge on any atom is -0.494 e. The van der Waals surface area contributed by atoms with Crippen LogP contribution in [0, 0.1) is 0 Å². The van der Waals surface area contributed by atoms with Crippen molar-refractivity contribution in [3.05, 3.63) is 61.8 Å². The Morgan fingerprint density at radius 3 is 2.56 bits per heavy atom. The molecular formula is C15H10F3N5O4. The molecule has 0 atom stereocenters. The number of aromatic hydroxyl groups is 1. The zero-order chi connectivity index (χ0) is 19.8. The van der Waals surface area contributed by atoms with Crippen LogP contribution in [0.2, 0.25) is 0 Å². The van der Waals surface area contributed by atoms with Crippen molar-refractivity contribution in [2.45, 2.75) is 6.18 Å². The molecule has 1 aliphatic heterocycles. The Morgan fingerprint density at radius 2 is 1.96 bits per heavy atom. The first-order valence-corrected chi connectivity index (χ1v) is 7.33. The number of aromatic amines is 2. The number of benzene rings is 1. The molecule has 27 heavy (non-hydrogen) atoms. The maximum Gasteiger partial charge on any atom is 0.417 e. The van der Waals surface area contributed by atoms with E-state index in [1.807, 2.05) is 0 Å². The third-order valence-electron chi connectivity index (χ3n) is 3.55. The number of aromatic nitrogens is 2. The third-order valence-corrected chi connectivity index (χ3v) is 3.55. The summed E-state index contributed by atoms with van der Waals surface area (Å²) < 4.78 is 40.1. The molecule has 9 nitrogen and oxygen atoms in total. The van der Waals surface area contributed by atoms with Gasteiger partial charge in [0.2, 0.25) is 5.88 Å². The fraction of sp³-hybridized carbons (Fsp3) is 0.133. The number of anilines is 1. The predicted molar refractivity (Wildman–Crippen MR) is 86.4 cm³/mol. The zero-order valence-electron chi connectivity index (χ0n) is 13.2. The molecule has 0 saturated carbocycles. The van der Waals surface area contributed by atoms with Gasteiger partial charge in [0.1, 0.15) is 0 Å². The van der Waals surface area contributed by atoms with E-state index in [4.69, 9.17) is 0 Å². The molecule has 4 N–H and O–H groups in total. The van der Waals surface area contributed by atoms with Crippen LogP contribution < -0.4 is 16.6 Å². The lowest BCUT2D eigenvalue weighted by molar-refractivity contribution is -0.137. The first-order chi connectivity index (χ1) is 12.7. The van der Waals surface area contributed by atoms with E-state index in [1.165, 1.54) is 12.1 Å². The highest BCUT2D eigenvalue weighted by molar-refractivity contribution is 6.05. The zero-order valence-corrected chi connectivity index (χ0v) is 13.2. The second-order valence-electron chi connectivity index (χ2n) is 5.36. The number of alkyl halides is 3. The molecule has 140 valence electrons. The summed E-state index contributed by atoms with van der Waals surface area (Å²) in [6, 6.07) is 2.94. The number of nitrogens with one attached hydrogen (secondary N) is 3. The molecule has 0 bridgehead atoms. The molecule has 1 aromatic carbocycles. The normalized spacial score (nSPS) is 13.5. The molecule has 0 fully saturated rings. The van der Waals surface area contributed by atoms with E-state index in [2.05, 4.69) is 15.5 Å². The van der Waals surface area contributed by atoms with E-state index in [1.54, 1.807) is 9.97 Å². The van der Waals surface area contributed by atoms with Crippen molar-refractivity contribution in [3.63, 3.8) is 0 Å². The van der Waals surface area contributed by atoms with Gasteiger partial charge in [-0.25, -0.2) is 4.79 Å². The van der Waals surface area contributed by atoms with Gasteiger partial charge in [-0.15, -0.1) is 0 Å². The van der Waals surface area contributed by atoms with Gasteiger partial charge < -0.3 is 10.4 Å². The number of amides is 1. The van der Waals surface area contributed by atoms with Gasteiger partial charge in [-0.05, 0) is 18.2 Å². The summed E-state index contributed by atoms with van der Waals surface area (Å²) in [6.45, 7) is 0.166. The van der Waals surface area contributed by atoms with Gasteiger partial charge in [-0.2, -0.15) is 23.4 Å². The van der Waals surface area contributed by atoms with Crippen LogP contribution in [0.15, 0.2) is 44.1 Å². The highest BCUT2D eigenvalue weighted by Crippen LogP contribution is 2.38. The maximum atomic E-state index is 13.4. The Kier molecular flexibility index (Phi) is 4.39. The number of carbonyl (C=O) groups is 1. The SMILES string of the molecule is O=C(Nc1ccc(C2=CCN=N2)c(C(F)(F)F)c1)c1c(O)[nH]c(=O)[nH]c1=O. The molecule has 0 spiro atoms. The highest BCUT2D eigenvalue weighted by Gasteiger charge is 2.35. The molecule has 0 radical (unpaired) electrons. The number of rotatable bonds is 3. The maximum absolute atomic E-state index is 13.4. The van der Waals surface area contributed by atoms with E-state index in [9.17, 15) is 32.7 Å². The summed E-state index contributed by atoms with van der Waals surface area (Å²) in [5.74, 6) is -2.21. The topological polar surface area (TPSA) is 140 Å². The molecule has 1 aromatic heterocycles. The quantitative estimate of drug-likeness (QED) is 0.644. The second kappa shape index (κ2) is 6.55. The number of azo groups is 1. The van der Waals surface area contributed by atoms with Crippen LogP contribution in [0.5, 0.6) is 5.88 Å². The minimum absolute atomic E-state index is 0.0509. The number of carbonyl (C=O) groups excluding carboxylic acids is 1. The molecule has 0 aliphatic carbocycles. The van der Waals surface area contributed by atoms with Crippen LogP contribution in [0.4, 0.5) is 18.9 Å². The van der Waals surface area contributed by atoms with Crippen LogP contribution in [0.1, 0.15) is 21.5 Å². The van der Waals surface area contributed by atoms with Gasteiger partial charge in [0.15, 0.2) is 5.56 Å².